The van der Waals surface area contributed by atoms with Gasteiger partial charge in [-0.25, -0.2) is 4.39 Å². The number of halogens is 2. The summed E-state index contributed by atoms with van der Waals surface area (Å²) in [5.41, 5.74) is 0.712. The fourth-order valence-corrected chi connectivity index (χ4v) is 5.96. The van der Waals surface area contributed by atoms with E-state index in [0.717, 1.165) is 22.7 Å². The molecule has 0 aliphatic heterocycles. The van der Waals surface area contributed by atoms with Crippen molar-refractivity contribution in [3.63, 3.8) is 0 Å². The van der Waals surface area contributed by atoms with E-state index in [4.69, 9.17) is 16.3 Å². The van der Waals surface area contributed by atoms with Gasteiger partial charge in [-0.3, -0.25) is 0 Å². The molecule has 1 aromatic carbocycles. The van der Waals surface area contributed by atoms with Gasteiger partial charge in [0.05, 0.1) is 21.2 Å². The molecular formula is C15H14ClFN2O3S3. The van der Waals surface area contributed by atoms with Crippen molar-refractivity contribution in [2.75, 3.05) is 13.2 Å². The van der Waals surface area contributed by atoms with Crippen LogP contribution in [0.1, 0.15) is 6.92 Å². The molecule has 0 atom stereocenters. The number of fused-ring (bicyclic) bond motifs is 1. The van der Waals surface area contributed by atoms with E-state index < -0.39 is 10.0 Å². The average molecular weight is 421 g/mol. The number of nitrogens with zero attached hydrogens (tertiary/aromatic N) is 2. The fraction of sp³-hybridized carbons (Fsp3) is 0.267. The highest BCUT2D eigenvalue weighted by Gasteiger charge is 2.17. The normalized spacial score (nSPS) is 13.0. The number of hydrogen-bond donors (Lipinski definition) is 0. The van der Waals surface area contributed by atoms with Crippen molar-refractivity contribution >= 4 is 54.5 Å². The van der Waals surface area contributed by atoms with E-state index in [1.807, 2.05) is 6.92 Å². The zero-order chi connectivity index (χ0) is 18.0. The van der Waals surface area contributed by atoms with Gasteiger partial charge in [-0.1, -0.05) is 22.9 Å². The average Bonchev–Trinajstić information content (AvgIpc) is 3.12. The number of sulfonamides is 1. The second-order valence-corrected chi connectivity index (χ2v) is 9.53. The minimum Gasteiger partial charge on any atom is -0.380 e. The molecule has 25 heavy (non-hydrogen) atoms. The second kappa shape index (κ2) is 7.55. The van der Waals surface area contributed by atoms with E-state index in [-0.39, 0.29) is 14.8 Å². The Morgan fingerprint density at radius 3 is 2.76 bits per heavy atom. The van der Waals surface area contributed by atoms with Crippen molar-refractivity contribution in [2.45, 2.75) is 17.7 Å². The summed E-state index contributed by atoms with van der Waals surface area (Å²) >= 11 is 7.88. The van der Waals surface area contributed by atoms with E-state index in [1.54, 1.807) is 10.6 Å². The molecule has 2 heterocycles. The van der Waals surface area contributed by atoms with Crippen LogP contribution in [-0.4, -0.2) is 26.2 Å². The van der Waals surface area contributed by atoms with Crippen molar-refractivity contribution in [1.29, 1.82) is 0 Å². The first-order valence-electron chi connectivity index (χ1n) is 7.33. The first kappa shape index (κ1) is 18.5. The van der Waals surface area contributed by atoms with Crippen LogP contribution in [0.2, 0.25) is 4.34 Å². The van der Waals surface area contributed by atoms with Gasteiger partial charge in [-0.2, -0.15) is 8.42 Å². The Balaban J connectivity index is 2.15. The Hall–Kier alpha value is -1.26. The topological polar surface area (TPSA) is 60.7 Å². The summed E-state index contributed by atoms with van der Waals surface area (Å²) in [6, 6.07) is 7.25. The maximum absolute atomic E-state index is 13.5. The number of aromatic nitrogens is 1. The molecule has 134 valence electrons. The van der Waals surface area contributed by atoms with Gasteiger partial charge in [0.25, 0.3) is 10.0 Å². The Labute approximate surface area is 157 Å². The molecule has 0 N–H and O–H groups in total. The fourth-order valence-electron chi connectivity index (χ4n) is 2.22. The van der Waals surface area contributed by atoms with Crippen molar-refractivity contribution in [3.8, 4) is 0 Å². The van der Waals surface area contributed by atoms with E-state index in [2.05, 4.69) is 4.40 Å². The van der Waals surface area contributed by atoms with Gasteiger partial charge >= 0.3 is 0 Å². The Kier molecular flexibility index (Phi) is 5.59. The van der Waals surface area contributed by atoms with Crippen LogP contribution >= 0.6 is 34.3 Å². The van der Waals surface area contributed by atoms with Gasteiger partial charge in [-0.05, 0) is 37.3 Å². The molecule has 5 nitrogen and oxygen atoms in total. The Bertz CT molecular complexity index is 1070. The number of rotatable bonds is 6. The summed E-state index contributed by atoms with van der Waals surface area (Å²) in [6.07, 6.45) is 0. The monoisotopic (exact) mass is 420 g/mol. The van der Waals surface area contributed by atoms with E-state index in [1.165, 1.54) is 24.3 Å². The highest BCUT2D eigenvalue weighted by Crippen LogP contribution is 2.27. The molecule has 0 aliphatic rings. The summed E-state index contributed by atoms with van der Waals surface area (Å²) < 4.78 is 50.6. The SMILES string of the molecule is CCOCCn1/c(=N/S(=O)(=O)c2ccc(Cl)s2)sc2cc(F)ccc21. The predicted molar refractivity (Wildman–Crippen MR) is 98.3 cm³/mol. The Morgan fingerprint density at radius 2 is 2.08 bits per heavy atom. The van der Waals surface area contributed by atoms with Crippen LogP contribution in [0.25, 0.3) is 10.2 Å². The summed E-state index contributed by atoms with van der Waals surface area (Å²) in [6.45, 7) is 3.24. The molecule has 0 fully saturated rings. The van der Waals surface area contributed by atoms with Crippen molar-refractivity contribution in [3.05, 3.63) is 45.3 Å². The molecule has 0 radical (unpaired) electrons. The lowest BCUT2D eigenvalue weighted by Crippen LogP contribution is -2.19. The molecule has 2 aromatic heterocycles. The van der Waals surface area contributed by atoms with E-state index in [0.29, 0.717) is 34.3 Å². The molecular weight excluding hydrogens is 407 g/mol. The minimum absolute atomic E-state index is 0.0671. The number of thiazole rings is 1. The summed E-state index contributed by atoms with van der Waals surface area (Å²) in [5.74, 6) is -0.384. The standard InChI is InChI=1S/C15H14ClFN2O3S3/c1-2-22-8-7-19-11-4-3-10(17)9-12(11)23-15(19)18-25(20,21)14-6-5-13(16)24-14/h3-6,9H,2,7-8H2,1H3/b18-15-. The zero-order valence-corrected chi connectivity index (χ0v) is 16.3. The van der Waals surface area contributed by atoms with Crippen molar-refractivity contribution < 1.29 is 17.5 Å². The van der Waals surface area contributed by atoms with Crippen LogP contribution in [0.5, 0.6) is 0 Å². The molecule has 0 aliphatic carbocycles. The molecule has 3 aromatic rings. The van der Waals surface area contributed by atoms with Gasteiger partial charge in [0.15, 0.2) is 0 Å². The summed E-state index contributed by atoms with van der Waals surface area (Å²) in [5, 5.41) is 0. The maximum atomic E-state index is 13.5. The number of thiophene rings is 1. The third kappa shape index (κ3) is 4.12. The second-order valence-electron chi connectivity index (χ2n) is 4.97. The molecule has 0 bridgehead atoms. The first-order valence-corrected chi connectivity index (χ1v) is 10.8. The highest BCUT2D eigenvalue weighted by molar-refractivity contribution is 7.92. The lowest BCUT2D eigenvalue weighted by molar-refractivity contribution is 0.139. The van der Waals surface area contributed by atoms with Crippen LogP contribution in [0, 0.1) is 5.82 Å². The highest BCUT2D eigenvalue weighted by atomic mass is 35.5. The third-order valence-electron chi connectivity index (χ3n) is 3.31. The van der Waals surface area contributed by atoms with Crippen LogP contribution in [0.3, 0.4) is 0 Å². The lowest BCUT2D eigenvalue weighted by atomic mass is 10.3. The molecule has 10 heteroatoms. The minimum atomic E-state index is -3.89. The third-order valence-corrected chi connectivity index (χ3v) is 7.43. The first-order chi connectivity index (χ1) is 11.9. The molecule has 0 saturated carbocycles. The Morgan fingerprint density at radius 1 is 1.28 bits per heavy atom. The number of hydrogen-bond acceptors (Lipinski definition) is 5. The van der Waals surface area contributed by atoms with Crippen molar-refractivity contribution in [2.24, 2.45) is 4.40 Å². The van der Waals surface area contributed by atoms with Gasteiger partial charge in [-0.15, -0.1) is 15.7 Å². The number of ether oxygens (including phenoxy) is 1. The van der Waals surface area contributed by atoms with Gasteiger partial charge in [0.2, 0.25) is 4.80 Å². The molecule has 0 spiro atoms. The van der Waals surface area contributed by atoms with Crippen LogP contribution in [0.15, 0.2) is 38.9 Å². The molecule has 0 saturated heterocycles. The van der Waals surface area contributed by atoms with E-state index >= 15 is 0 Å². The molecule has 0 amide bonds. The zero-order valence-electron chi connectivity index (χ0n) is 13.1. The summed E-state index contributed by atoms with van der Waals surface area (Å²) in [4.78, 5) is 0.268. The van der Waals surface area contributed by atoms with E-state index in [9.17, 15) is 12.8 Å². The van der Waals surface area contributed by atoms with Crippen LogP contribution in [0.4, 0.5) is 4.39 Å². The van der Waals surface area contributed by atoms with Crippen LogP contribution < -0.4 is 4.80 Å². The summed E-state index contributed by atoms with van der Waals surface area (Å²) in [7, 11) is -3.89. The lowest BCUT2D eigenvalue weighted by Gasteiger charge is -2.05. The molecule has 0 unspecified atom stereocenters. The van der Waals surface area contributed by atoms with Gasteiger partial charge in [0, 0.05) is 13.2 Å². The van der Waals surface area contributed by atoms with Crippen LogP contribution in [-0.2, 0) is 21.3 Å². The van der Waals surface area contributed by atoms with Gasteiger partial charge < -0.3 is 9.30 Å². The number of benzene rings is 1. The quantitative estimate of drug-likeness (QED) is 0.568. The smallest absolute Gasteiger partial charge is 0.294 e. The molecule has 3 rings (SSSR count). The van der Waals surface area contributed by atoms with Gasteiger partial charge in [0.1, 0.15) is 10.0 Å². The predicted octanol–water partition coefficient (Wildman–Crippen LogP) is 3.88. The maximum Gasteiger partial charge on any atom is 0.294 e. The van der Waals surface area contributed by atoms with Crippen molar-refractivity contribution in [1.82, 2.24) is 4.57 Å². The largest absolute Gasteiger partial charge is 0.380 e.